The number of amides is 2. The number of hydrogen-bond donors (Lipinski definition) is 3. The average molecular weight is 386 g/mol. The van der Waals surface area contributed by atoms with Crippen molar-refractivity contribution in [3.8, 4) is 5.75 Å². The number of aromatic hydroxyl groups is 1. The summed E-state index contributed by atoms with van der Waals surface area (Å²) < 4.78 is 0. The van der Waals surface area contributed by atoms with Gasteiger partial charge in [-0.05, 0) is 88.0 Å². The van der Waals surface area contributed by atoms with Gasteiger partial charge in [-0.1, -0.05) is 25.2 Å². The topological polar surface area (TPSA) is 64.6 Å². The number of likely N-dealkylation sites (N-methyl/N-ethyl adjacent to an activating group) is 1. The van der Waals surface area contributed by atoms with Gasteiger partial charge in [-0.15, -0.1) is 0 Å². The molecule has 0 heterocycles. The summed E-state index contributed by atoms with van der Waals surface area (Å²) in [5.74, 6) is 0.789. The van der Waals surface area contributed by atoms with E-state index in [0.717, 1.165) is 24.0 Å². The number of carbonyl (C=O) groups excluding carboxylic acids is 1. The van der Waals surface area contributed by atoms with E-state index in [1.165, 1.54) is 11.1 Å². The maximum atomic E-state index is 12.3. The minimum Gasteiger partial charge on any atom is -0.508 e. The Bertz CT molecular complexity index is 729. The third-order valence-electron chi connectivity index (χ3n) is 5.36. The Balaban J connectivity index is 1.88. The molecule has 0 bridgehead atoms. The Morgan fingerprint density at radius 2 is 1.86 bits per heavy atom. The van der Waals surface area contributed by atoms with Crippen LogP contribution in [0.25, 0.3) is 0 Å². The van der Waals surface area contributed by atoms with Crippen LogP contribution in [-0.2, 0) is 6.42 Å². The summed E-state index contributed by atoms with van der Waals surface area (Å²) in [6.07, 6.45) is 8.22. The molecule has 3 N–H and O–H groups in total. The van der Waals surface area contributed by atoms with E-state index in [9.17, 15) is 9.90 Å². The van der Waals surface area contributed by atoms with Gasteiger partial charge in [-0.2, -0.15) is 0 Å². The number of benzene rings is 1. The van der Waals surface area contributed by atoms with Crippen LogP contribution in [0.15, 0.2) is 35.9 Å². The summed E-state index contributed by atoms with van der Waals surface area (Å²) in [4.78, 5) is 14.5. The van der Waals surface area contributed by atoms with E-state index in [1.54, 1.807) is 12.1 Å². The van der Waals surface area contributed by atoms with Gasteiger partial charge in [0.1, 0.15) is 5.75 Å². The number of allylic oxidation sites excluding steroid dienone is 3. The van der Waals surface area contributed by atoms with E-state index >= 15 is 0 Å². The molecule has 3 unspecified atom stereocenters. The summed E-state index contributed by atoms with van der Waals surface area (Å²) >= 11 is 0. The highest BCUT2D eigenvalue weighted by Crippen LogP contribution is 2.23. The van der Waals surface area contributed by atoms with Gasteiger partial charge in [-0.3, -0.25) is 0 Å². The second-order valence-corrected chi connectivity index (χ2v) is 8.30. The minimum absolute atomic E-state index is 0.0839. The molecule has 2 rings (SSSR count). The van der Waals surface area contributed by atoms with E-state index in [4.69, 9.17) is 0 Å². The number of rotatable bonds is 8. The zero-order chi connectivity index (χ0) is 20.8. The first-order valence-corrected chi connectivity index (χ1v) is 10.0. The van der Waals surface area contributed by atoms with Crippen molar-refractivity contribution in [2.75, 3.05) is 20.6 Å². The van der Waals surface area contributed by atoms with Crippen LogP contribution in [0.4, 0.5) is 4.79 Å². The molecule has 1 aliphatic rings. The Hall–Kier alpha value is -2.27. The molecule has 0 fully saturated rings. The lowest BCUT2D eigenvalue weighted by Crippen LogP contribution is -2.47. The quantitative estimate of drug-likeness (QED) is 0.639. The molecular weight excluding hydrogens is 350 g/mol. The molecule has 5 heteroatoms. The fourth-order valence-corrected chi connectivity index (χ4v) is 3.72. The van der Waals surface area contributed by atoms with E-state index in [-0.39, 0.29) is 18.1 Å². The molecule has 1 aliphatic carbocycles. The molecule has 0 radical (unpaired) electrons. The van der Waals surface area contributed by atoms with E-state index < -0.39 is 0 Å². The molecule has 0 spiro atoms. The highest BCUT2D eigenvalue weighted by atomic mass is 16.3. The third-order valence-corrected chi connectivity index (χ3v) is 5.36. The van der Waals surface area contributed by atoms with Gasteiger partial charge in [0, 0.05) is 18.6 Å². The zero-order valence-corrected chi connectivity index (χ0v) is 18.0. The molecule has 154 valence electrons. The summed E-state index contributed by atoms with van der Waals surface area (Å²) in [6, 6.07) is 3.72. The average Bonchev–Trinajstić information content (AvgIpc) is 2.97. The molecule has 0 aromatic heterocycles. The van der Waals surface area contributed by atoms with Crippen LogP contribution >= 0.6 is 0 Å². The fraction of sp³-hybridized carbons (Fsp3) is 0.522. The molecule has 2 amide bonds. The Morgan fingerprint density at radius 1 is 1.21 bits per heavy atom. The van der Waals surface area contributed by atoms with Crippen LogP contribution in [0.3, 0.4) is 0 Å². The second-order valence-electron chi connectivity index (χ2n) is 8.30. The van der Waals surface area contributed by atoms with Crippen LogP contribution < -0.4 is 10.6 Å². The SMILES string of the molecule is Cc1cc(O)cc(C)c1CC(CNC(=O)NC(C)CC1=CC(C)C=C1)N(C)C. The van der Waals surface area contributed by atoms with Gasteiger partial charge >= 0.3 is 6.03 Å². The van der Waals surface area contributed by atoms with Gasteiger partial charge < -0.3 is 20.6 Å². The number of hydrogen-bond acceptors (Lipinski definition) is 3. The molecule has 1 aromatic carbocycles. The molecule has 28 heavy (non-hydrogen) atoms. The van der Waals surface area contributed by atoms with Crippen molar-refractivity contribution >= 4 is 6.03 Å². The molecule has 3 atom stereocenters. The summed E-state index contributed by atoms with van der Waals surface area (Å²) in [7, 11) is 4.05. The molecule has 0 aliphatic heterocycles. The van der Waals surface area contributed by atoms with Gasteiger partial charge in [0.2, 0.25) is 0 Å². The minimum atomic E-state index is -0.130. The number of nitrogens with zero attached hydrogens (tertiary/aromatic N) is 1. The van der Waals surface area contributed by atoms with Crippen molar-refractivity contribution in [1.82, 2.24) is 15.5 Å². The van der Waals surface area contributed by atoms with Crippen molar-refractivity contribution in [3.05, 3.63) is 52.6 Å². The van der Waals surface area contributed by atoms with Crippen molar-refractivity contribution in [1.29, 1.82) is 0 Å². The molecule has 0 saturated carbocycles. The first-order chi connectivity index (χ1) is 13.2. The van der Waals surface area contributed by atoms with Crippen LogP contribution in [0.5, 0.6) is 5.75 Å². The molecule has 1 aromatic rings. The van der Waals surface area contributed by atoms with Crippen LogP contribution in [0.1, 0.15) is 37.0 Å². The number of carbonyl (C=O) groups is 1. The predicted octanol–water partition coefficient (Wildman–Crippen LogP) is 3.69. The molecule has 0 saturated heterocycles. The standard InChI is InChI=1S/C23H35N3O2/c1-15-7-8-19(9-15)12-18(4)25-23(28)24-14-20(26(5)6)13-22-16(2)10-21(27)11-17(22)3/h7-11,15,18,20,27H,12-14H2,1-6H3,(H2,24,25,28). The Labute approximate surface area is 169 Å². The van der Waals surface area contributed by atoms with Gasteiger partial charge in [0.25, 0.3) is 0 Å². The Morgan fingerprint density at radius 3 is 2.39 bits per heavy atom. The van der Waals surface area contributed by atoms with E-state index in [1.807, 2.05) is 34.9 Å². The lowest BCUT2D eigenvalue weighted by Gasteiger charge is -2.27. The molecule has 5 nitrogen and oxygen atoms in total. The van der Waals surface area contributed by atoms with Crippen molar-refractivity contribution in [3.63, 3.8) is 0 Å². The van der Waals surface area contributed by atoms with Crippen molar-refractivity contribution in [2.45, 2.75) is 52.6 Å². The van der Waals surface area contributed by atoms with E-state index in [2.05, 4.69) is 40.7 Å². The number of aryl methyl sites for hydroxylation is 2. The first-order valence-electron chi connectivity index (χ1n) is 10.0. The first kappa shape index (κ1) is 22.0. The van der Waals surface area contributed by atoms with Crippen LogP contribution in [0, 0.1) is 19.8 Å². The second kappa shape index (κ2) is 9.78. The summed E-state index contributed by atoms with van der Waals surface area (Å²) in [5.41, 5.74) is 4.66. The van der Waals surface area contributed by atoms with Crippen molar-refractivity contribution in [2.24, 2.45) is 5.92 Å². The fourth-order valence-electron chi connectivity index (χ4n) is 3.72. The lowest BCUT2D eigenvalue weighted by molar-refractivity contribution is 0.229. The largest absolute Gasteiger partial charge is 0.508 e. The summed E-state index contributed by atoms with van der Waals surface area (Å²) in [6.45, 7) is 8.79. The lowest BCUT2D eigenvalue weighted by atomic mass is 9.95. The predicted molar refractivity (Wildman–Crippen MR) is 116 cm³/mol. The van der Waals surface area contributed by atoms with Crippen LogP contribution in [0.2, 0.25) is 0 Å². The van der Waals surface area contributed by atoms with Gasteiger partial charge in [0.15, 0.2) is 0 Å². The third kappa shape index (κ3) is 6.41. The van der Waals surface area contributed by atoms with Gasteiger partial charge in [-0.25, -0.2) is 4.79 Å². The molecular formula is C23H35N3O2. The number of phenolic OH excluding ortho intramolecular Hbond substituents is 1. The Kier molecular flexibility index (Phi) is 7.69. The van der Waals surface area contributed by atoms with E-state index in [0.29, 0.717) is 18.2 Å². The number of phenols is 1. The maximum Gasteiger partial charge on any atom is 0.315 e. The highest BCUT2D eigenvalue weighted by Gasteiger charge is 2.18. The summed E-state index contributed by atoms with van der Waals surface area (Å²) in [5, 5.41) is 15.8. The number of nitrogens with one attached hydrogen (secondary N) is 2. The maximum absolute atomic E-state index is 12.3. The van der Waals surface area contributed by atoms with Gasteiger partial charge in [0.05, 0.1) is 0 Å². The normalized spacial score (nSPS) is 18.1. The zero-order valence-electron chi connectivity index (χ0n) is 18.0. The van der Waals surface area contributed by atoms with Crippen molar-refractivity contribution < 1.29 is 9.90 Å². The number of urea groups is 1. The van der Waals surface area contributed by atoms with Crippen LogP contribution in [-0.4, -0.2) is 48.8 Å². The smallest absolute Gasteiger partial charge is 0.315 e. The monoisotopic (exact) mass is 385 g/mol. The highest BCUT2D eigenvalue weighted by molar-refractivity contribution is 5.74.